The average Bonchev–Trinajstić information content (AvgIpc) is 2.15. The van der Waals surface area contributed by atoms with Gasteiger partial charge in [-0.15, -0.1) is 0 Å². The summed E-state index contributed by atoms with van der Waals surface area (Å²) in [5.74, 6) is -1.39. The highest BCUT2D eigenvalue weighted by Crippen LogP contribution is 2.28. The van der Waals surface area contributed by atoms with Crippen LogP contribution < -0.4 is 11.1 Å². The third-order valence-electron chi connectivity index (χ3n) is 1.79. The maximum Gasteiger partial charge on any atom is 0.305 e. The van der Waals surface area contributed by atoms with Crippen molar-refractivity contribution in [1.82, 2.24) is 0 Å². The van der Waals surface area contributed by atoms with Crippen LogP contribution in [-0.4, -0.2) is 16.7 Å². The molecule has 1 rings (SSSR count). The Morgan fingerprint density at radius 2 is 2.06 bits per heavy atom. The zero-order valence-corrected chi connectivity index (χ0v) is 8.39. The molecule has 3 N–H and O–H groups in total. The number of nitrogens with one attached hydrogen (secondary N) is 1. The van der Waals surface area contributed by atoms with Crippen molar-refractivity contribution in [3.8, 4) is 0 Å². The highest BCUT2D eigenvalue weighted by Gasteiger charge is 2.23. The highest BCUT2D eigenvalue weighted by atomic mass is 16.6. The number of benzene rings is 1. The predicted molar refractivity (Wildman–Crippen MR) is 55.9 cm³/mol. The number of rotatable bonds is 3. The van der Waals surface area contributed by atoms with E-state index in [1.165, 1.54) is 25.1 Å². The Morgan fingerprint density at radius 1 is 1.44 bits per heavy atom. The average molecular weight is 223 g/mol. The molecule has 0 aliphatic rings. The molecule has 0 aromatic heterocycles. The topological polar surface area (TPSA) is 115 Å². The van der Waals surface area contributed by atoms with Gasteiger partial charge in [-0.25, -0.2) is 0 Å². The molecule has 0 spiro atoms. The summed E-state index contributed by atoms with van der Waals surface area (Å²) in [6.45, 7) is 1.21. The number of carbonyl (C=O) groups is 2. The Kier molecular flexibility index (Phi) is 3.19. The van der Waals surface area contributed by atoms with Gasteiger partial charge >= 0.3 is 5.69 Å². The Balaban J connectivity index is 3.38. The normalized spacial score (nSPS) is 9.56. The Hall–Kier alpha value is -2.44. The quantitative estimate of drug-likeness (QED) is 0.578. The minimum absolute atomic E-state index is 0.0474. The van der Waals surface area contributed by atoms with E-state index in [1.54, 1.807) is 0 Å². The third kappa shape index (κ3) is 2.32. The molecule has 0 radical (unpaired) electrons. The number of amides is 2. The smallest absolute Gasteiger partial charge is 0.305 e. The number of anilines is 1. The molecule has 0 bridgehead atoms. The van der Waals surface area contributed by atoms with Gasteiger partial charge in [0.05, 0.1) is 4.92 Å². The summed E-state index contributed by atoms with van der Waals surface area (Å²) >= 11 is 0. The van der Waals surface area contributed by atoms with Crippen LogP contribution in [0.5, 0.6) is 0 Å². The lowest BCUT2D eigenvalue weighted by atomic mass is 10.1. The molecule has 1 aromatic carbocycles. The molecule has 0 saturated heterocycles. The van der Waals surface area contributed by atoms with Crippen molar-refractivity contribution in [3.05, 3.63) is 33.9 Å². The number of para-hydroxylation sites is 1. The number of carbonyl (C=O) groups excluding carboxylic acids is 2. The first-order valence-electron chi connectivity index (χ1n) is 4.28. The van der Waals surface area contributed by atoms with Crippen LogP contribution in [-0.2, 0) is 4.79 Å². The van der Waals surface area contributed by atoms with E-state index in [1.807, 2.05) is 0 Å². The van der Waals surface area contributed by atoms with Gasteiger partial charge in [-0.1, -0.05) is 6.07 Å². The standard InChI is InChI=1S/C9H9N3O4/c1-5(13)11-7-4-2-3-6(9(10)14)8(7)12(15)16/h2-4H,1H3,(H2,10,14)(H,11,13). The summed E-state index contributed by atoms with van der Waals surface area (Å²) in [6, 6.07) is 3.95. The van der Waals surface area contributed by atoms with E-state index >= 15 is 0 Å². The van der Waals surface area contributed by atoms with E-state index < -0.39 is 22.4 Å². The summed E-state index contributed by atoms with van der Waals surface area (Å²) in [7, 11) is 0. The van der Waals surface area contributed by atoms with Crippen LogP contribution >= 0.6 is 0 Å². The second-order valence-electron chi connectivity index (χ2n) is 3.00. The molecule has 0 aliphatic carbocycles. The molecule has 0 atom stereocenters. The van der Waals surface area contributed by atoms with E-state index in [4.69, 9.17) is 5.73 Å². The van der Waals surface area contributed by atoms with Crippen molar-refractivity contribution < 1.29 is 14.5 Å². The Labute approximate surface area is 90.4 Å². The molecular formula is C9H9N3O4. The molecule has 0 unspecified atom stereocenters. The first-order chi connectivity index (χ1) is 7.43. The highest BCUT2D eigenvalue weighted by molar-refractivity contribution is 6.01. The van der Waals surface area contributed by atoms with Gasteiger partial charge in [-0.05, 0) is 12.1 Å². The molecule has 1 aromatic rings. The fourth-order valence-corrected chi connectivity index (χ4v) is 1.23. The van der Waals surface area contributed by atoms with Crippen molar-refractivity contribution in [2.75, 3.05) is 5.32 Å². The van der Waals surface area contributed by atoms with Gasteiger partial charge in [0.2, 0.25) is 5.91 Å². The van der Waals surface area contributed by atoms with Crippen LogP contribution in [0.25, 0.3) is 0 Å². The predicted octanol–water partition coefficient (Wildman–Crippen LogP) is 0.652. The lowest BCUT2D eigenvalue weighted by Crippen LogP contribution is -2.16. The second-order valence-corrected chi connectivity index (χ2v) is 3.00. The number of nitrogens with two attached hydrogens (primary N) is 1. The van der Waals surface area contributed by atoms with Gasteiger partial charge in [0.15, 0.2) is 0 Å². The Morgan fingerprint density at radius 3 is 2.50 bits per heavy atom. The van der Waals surface area contributed by atoms with Gasteiger partial charge in [0.1, 0.15) is 11.3 Å². The molecule has 0 fully saturated rings. The fourth-order valence-electron chi connectivity index (χ4n) is 1.23. The van der Waals surface area contributed by atoms with E-state index in [9.17, 15) is 19.7 Å². The van der Waals surface area contributed by atoms with Crippen molar-refractivity contribution >= 4 is 23.2 Å². The van der Waals surface area contributed by atoms with Crippen LogP contribution in [0, 0.1) is 10.1 Å². The number of hydrogen-bond donors (Lipinski definition) is 2. The lowest BCUT2D eigenvalue weighted by Gasteiger charge is -2.05. The molecule has 7 heteroatoms. The van der Waals surface area contributed by atoms with Crippen molar-refractivity contribution in [3.63, 3.8) is 0 Å². The molecule has 0 saturated carbocycles. The van der Waals surface area contributed by atoms with Gasteiger partial charge in [-0.3, -0.25) is 19.7 Å². The fraction of sp³-hybridized carbons (Fsp3) is 0.111. The molecule has 16 heavy (non-hydrogen) atoms. The first-order valence-corrected chi connectivity index (χ1v) is 4.28. The molecule has 84 valence electrons. The largest absolute Gasteiger partial charge is 0.365 e. The zero-order chi connectivity index (χ0) is 12.3. The van der Waals surface area contributed by atoms with E-state index in [2.05, 4.69) is 5.32 Å². The van der Waals surface area contributed by atoms with Crippen LogP contribution in [0.3, 0.4) is 0 Å². The number of hydrogen-bond acceptors (Lipinski definition) is 4. The van der Waals surface area contributed by atoms with Crippen molar-refractivity contribution in [2.45, 2.75) is 6.92 Å². The summed E-state index contributed by atoms with van der Waals surface area (Å²) in [5.41, 5.74) is 4.21. The minimum atomic E-state index is -0.918. The summed E-state index contributed by atoms with van der Waals surface area (Å²) in [4.78, 5) is 31.8. The molecular weight excluding hydrogens is 214 g/mol. The van der Waals surface area contributed by atoms with Crippen molar-refractivity contribution in [1.29, 1.82) is 0 Å². The second kappa shape index (κ2) is 4.39. The summed E-state index contributed by atoms with van der Waals surface area (Å²) in [5, 5.41) is 13.0. The van der Waals surface area contributed by atoms with Crippen molar-refractivity contribution in [2.24, 2.45) is 5.73 Å². The minimum Gasteiger partial charge on any atom is -0.365 e. The van der Waals surface area contributed by atoms with Crippen LogP contribution in [0.2, 0.25) is 0 Å². The maximum atomic E-state index is 11.0. The molecule has 7 nitrogen and oxygen atoms in total. The lowest BCUT2D eigenvalue weighted by molar-refractivity contribution is -0.384. The number of nitro groups is 1. The zero-order valence-electron chi connectivity index (χ0n) is 8.39. The van der Waals surface area contributed by atoms with Gasteiger partial charge in [-0.2, -0.15) is 0 Å². The first kappa shape index (κ1) is 11.6. The Bertz CT molecular complexity index is 470. The molecule has 2 amide bonds. The van der Waals surface area contributed by atoms with Gasteiger partial charge in [0.25, 0.3) is 5.91 Å². The summed E-state index contributed by atoms with van der Waals surface area (Å²) < 4.78 is 0. The third-order valence-corrected chi connectivity index (χ3v) is 1.79. The molecule has 0 aliphatic heterocycles. The van der Waals surface area contributed by atoms with E-state index in [0.717, 1.165) is 0 Å². The van der Waals surface area contributed by atoms with E-state index in [-0.39, 0.29) is 11.3 Å². The van der Waals surface area contributed by atoms with Crippen LogP contribution in [0.15, 0.2) is 18.2 Å². The van der Waals surface area contributed by atoms with Gasteiger partial charge in [0, 0.05) is 6.92 Å². The number of nitrogens with zero attached hydrogens (tertiary/aromatic N) is 1. The van der Waals surface area contributed by atoms with Gasteiger partial charge < -0.3 is 11.1 Å². The van der Waals surface area contributed by atoms with E-state index in [0.29, 0.717) is 0 Å². The molecule has 0 heterocycles. The SMILES string of the molecule is CC(=O)Nc1cccc(C(N)=O)c1[N+](=O)[O-]. The van der Waals surface area contributed by atoms with Crippen LogP contribution in [0.4, 0.5) is 11.4 Å². The summed E-state index contributed by atoms with van der Waals surface area (Å²) in [6.07, 6.45) is 0. The monoisotopic (exact) mass is 223 g/mol. The maximum absolute atomic E-state index is 11.0. The number of nitro benzene ring substituents is 1. The number of primary amides is 1. The van der Waals surface area contributed by atoms with Crippen LogP contribution in [0.1, 0.15) is 17.3 Å².